The van der Waals surface area contributed by atoms with Crippen LogP contribution in [0.3, 0.4) is 0 Å². The lowest BCUT2D eigenvalue weighted by Crippen LogP contribution is -2.43. The van der Waals surface area contributed by atoms with Crippen LogP contribution in [-0.4, -0.2) is 42.8 Å². The number of hydrogen-bond acceptors (Lipinski definition) is 8. The van der Waals surface area contributed by atoms with Crippen LogP contribution < -0.4 is 10.2 Å². The number of rotatable bonds is 5. The number of nitrogens with one attached hydrogen (secondary N) is 1. The molecule has 2 aliphatic heterocycles. The highest BCUT2D eigenvalue weighted by atomic mass is 35.5. The van der Waals surface area contributed by atoms with Gasteiger partial charge in [0.1, 0.15) is 5.69 Å². The molecule has 2 aliphatic rings. The summed E-state index contributed by atoms with van der Waals surface area (Å²) in [6.07, 6.45) is 2.60. The Morgan fingerprint density at radius 3 is 2.47 bits per heavy atom. The molecular formula is C25H28ClN3O5. The van der Waals surface area contributed by atoms with Gasteiger partial charge >= 0.3 is 11.9 Å². The molecule has 0 aliphatic carbocycles. The summed E-state index contributed by atoms with van der Waals surface area (Å²) in [5, 5.41) is 3.71. The van der Waals surface area contributed by atoms with Gasteiger partial charge in [0.2, 0.25) is 0 Å². The van der Waals surface area contributed by atoms with Crippen molar-refractivity contribution in [1.29, 1.82) is 0 Å². The summed E-state index contributed by atoms with van der Waals surface area (Å²) < 4.78 is 11.4. The van der Waals surface area contributed by atoms with Gasteiger partial charge in [0, 0.05) is 19.0 Å². The first-order valence-corrected chi connectivity index (χ1v) is 11.8. The first kappa shape index (κ1) is 24.2. The number of benzene rings is 1. The van der Waals surface area contributed by atoms with Crippen molar-refractivity contribution in [3.63, 3.8) is 0 Å². The first-order chi connectivity index (χ1) is 16.2. The van der Waals surface area contributed by atoms with Gasteiger partial charge in [0.05, 0.1) is 42.0 Å². The minimum atomic E-state index is -1.55. The van der Waals surface area contributed by atoms with Crippen LogP contribution in [0, 0.1) is 5.92 Å². The van der Waals surface area contributed by atoms with E-state index in [-0.39, 0.29) is 31.1 Å². The van der Waals surface area contributed by atoms with E-state index < -0.39 is 17.7 Å². The Bertz CT molecular complexity index is 1100. The topological polar surface area (TPSA) is 97.8 Å². The predicted molar refractivity (Wildman–Crippen MR) is 127 cm³/mol. The van der Waals surface area contributed by atoms with Crippen LogP contribution in [0.2, 0.25) is 5.02 Å². The van der Waals surface area contributed by atoms with Gasteiger partial charge in [-0.2, -0.15) is 0 Å². The average molecular weight is 486 g/mol. The lowest BCUT2D eigenvalue weighted by Gasteiger charge is -2.33. The molecule has 0 atom stereocenters. The summed E-state index contributed by atoms with van der Waals surface area (Å²) in [4.78, 5) is 43.3. The standard InChI is InChI=1S/C25H28ClN3O5/c1-15(2)12-21(30)20-7-4-16(13-28-20)29(3)24-17-10-11-27-14-25(18(17)5-6-19(24)26)33-22(31)8-9-23(32)34-25/h4-7,13,15,27H,8-12,14H2,1-3H3. The molecule has 34 heavy (non-hydrogen) atoms. The molecule has 1 N–H and O–H groups in total. The fourth-order valence-corrected chi connectivity index (χ4v) is 4.68. The van der Waals surface area contributed by atoms with E-state index in [2.05, 4.69) is 10.3 Å². The molecule has 1 fully saturated rings. The zero-order valence-corrected chi connectivity index (χ0v) is 20.3. The van der Waals surface area contributed by atoms with Crippen LogP contribution in [0.5, 0.6) is 0 Å². The minimum absolute atomic E-state index is 0.000764. The summed E-state index contributed by atoms with van der Waals surface area (Å²) in [6, 6.07) is 7.00. The highest BCUT2D eigenvalue weighted by Crippen LogP contribution is 2.43. The molecule has 1 saturated heterocycles. The van der Waals surface area contributed by atoms with Gasteiger partial charge in [0.25, 0.3) is 5.79 Å². The molecule has 4 rings (SSSR count). The molecule has 0 radical (unpaired) electrons. The third-order valence-electron chi connectivity index (χ3n) is 5.99. The number of hydrogen-bond donors (Lipinski definition) is 1. The smallest absolute Gasteiger partial charge is 0.309 e. The second-order valence-corrected chi connectivity index (χ2v) is 9.44. The number of halogens is 1. The maximum atomic E-state index is 12.4. The Hall–Kier alpha value is -2.97. The van der Waals surface area contributed by atoms with E-state index in [9.17, 15) is 14.4 Å². The zero-order valence-electron chi connectivity index (χ0n) is 19.5. The van der Waals surface area contributed by atoms with E-state index in [1.165, 1.54) is 0 Å². The SMILES string of the molecule is CC(C)CC(=O)c1ccc(N(C)c2c(Cl)ccc3c2CCNCC32OC(=O)CCC(=O)O2)cn1. The van der Waals surface area contributed by atoms with Gasteiger partial charge in [-0.05, 0) is 48.7 Å². The predicted octanol–water partition coefficient (Wildman–Crippen LogP) is 3.91. The first-order valence-electron chi connectivity index (χ1n) is 11.4. The molecule has 1 aromatic carbocycles. The number of ether oxygens (including phenoxy) is 2. The summed E-state index contributed by atoms with van der Waals surface area (Å²) >= 11 is 6.66. The van der Waals surface area contributed by atoms with E-state index in [1.54, 1.807) is 24.4 Å². The quantitative estimate of drug-likeness (QED) is 0.503. The fourth-order valence-electron chi connectivity index (χ4n) is 4.37. The fraction of sp³-hybridized carbons (Fsp3) is 0.440. The molecule has 9 heteroatoms. The van der Waals surface area contributed by atoms with Crippen LogP contribution in [-0.2, 0) is 31.3 Å². The molecule has 0 saturated carbocycles. The molecule has 8 nitrogen and oxygen atoms in total. The van der Waals surface area contributed by atoms with Gasteiger partial charge < -0.3 is 19.7 Å². The van der Waals surface area contributed by atoms with Crippen LogP contribution in [0.15, 0.2) is 30.5 Å². The Labute approximate surface area is 203 Å². The molecule has 0 bridgehead atoms. The lowest BCUT2D eigenvalue weighted by molar-refractivity contribution is -0.225. The number of carbonyl (C=O) groups is 3. The maximum absolute atomic E-state index is 12.4. The number of carbonyl (C=O) groups excluding carboxylic acids is 3. The van der Waals surface area contributed by atoms with Gasteiger partial charge in [-0.3, -0.25) is 19.4 Å². The number of fused-ring (bicyclic) bond motifs is 2. The Morgan fingerprint density at radius 2 is 1.85 bits per heavy atom. The van der Waals surface area contributed by atoms with Crippen molar-refractivity contribution in [3.05, 3.63) is 52.3 Å². The molecule has 2 aromatic rings. The van der Waals surface area contributed by atoms with Crippen LogP contribution in [0.1, 0.15) is 54.7 Å². The lowest BCUT2D eigenvalue weighted by atomic mass is 9.95. The highest BCUT2D eigenvalue weighted by Gasteiger charge is 2.46. The van der Waals surface area contributed by atoms with E-state index in [4.69, 9.17) is 21.1 Å². The number of Topliss-reactive ketones (excluding diaryl/α,β-unsaturated/α-hetero) is 1. The summed E-state index contributed by atoms with van der Waals surface area (Å²) in [7, 11) is 1.85. The van der Waals surface area contributed by atoms with E-state index in [1.807, 2.05) is 31.9 Å². The number of ketones is 1. The Balaban J connectivity index is 1.74. The third-order valence-corrected chi connectivity index (χ3v) is 6.30. The van der Waals surface area contributed by atoms with Crippen molar-refractivity contribution in [2.75, 3.05) is 25.0 Å². The number of pyridine rings is 1. The largest absolute Gasteiger partial charge is 0.416 e. The van der Waals surface area contributed by atoms with Crippen LogP contribution in [0.4, 0.5) is 11.4 Å². The van der Waals surface area contributed by atoms with Crippen LogP contribution in [0.25, 0.3) is 0 Å². The molecule has 3 heterocycles. The van der Waals surface area contributed by atoms with Gasteiger partial charge in [-0.1, -0.05) is 25.4 Å². The van der Waals surface area contributed by atoms with Crippen molar-refractivity contribution in [3.8, 4) is 0 Å². The molecule has 1 aromatic heterocycles. The molecule has 180 valence electrons. The molecule has 1 spiro atoms. The molecular weight excluding hydrogens is 458 g/mol. The number of aromatic nitrogens is 1. The second kappa shape index (κ2) is 9.72. The minimum Gasteiger partial charge on any atom is -0.416 e. The summed E-state index contributed by atoms with van der Waals surface area (Å²) in [5.41, 5.74) is 3.25. The van der Waals surface area contributed by atoms with Crippen LogP contribution >= 0.6 is 11.6 Å². The van der Waals surface area contributed by atoms with Gasteiger partial charge in [-0.25, -0.2) is 0 Å². The molecule has 0 amide bonds. The van der Waals surface area contributed by atoms with Crippen molar-refractivity contribution in [2.45, 2.75) is 45.3 Å². The summed E-state index contributed by atoms with van der Waals surface area (Å²) in [6.45, 7) is 4.71. The van der Waals surface area contributed by atoms with E-state index >= 15 is 0 Å². The normalized spacial score (nSPS) is 17.4. The molecule has 0 unspecified atom stereocenters. The second-order valence-electron chi connectivity index (χ2n) is 9.03. The highest BCUT2D eigenvalue weighted by molar-refractivity contribution is 6.33. The van der Waals surface area contributed by atoms with Gasteiger partial charge in [-0.15, -0.1) is 0 Å². The monoisotopic (exact) mass is 485 g/mol. The Kier molecular flexibility index (Phi) is 6.91. The number of esters is 2. The average Bonchev–Trinajstić information content (AvgIpc) is 3.05. The number of anilines is 2. The van der Waals surface area contributed by atoms with Crippen molar-refractivity contribution < 1.29 is 23.9 Å². The summed E-state index contributed by atoms with van der Waals surface area (Å²) in [5.74, 6) is -2.28. The van der Waals surface area contributed by atoms with Crippen molar-refractivity contribution in [1.82, 2.24) is 10.3 Å². The maximum Gasteiger partial charge on any atom is 0.309 e. The van der Waals surface area contributed by atoms with Crippen molar-refractivity contribution in [2.24, 2.45) is 5.92 Å². The number of nitrogens with zero attached hydrogens (tertiary/aromatic N) is 2. The third kappa shape index (κ3) is 4.79. The van der Waals surface area contributed by atoms with Gasteiger partial charge in [0.15, 0.2) is 5.78 Å². The Morgan fingerprint density at radius 1 is 1.15 bits per heavy atom. The van der Waals surface area contributed by atoms with Crippen molar-refractivity contribution >= 4 is 40.7 Å². The van der Waals surface area contributed by atoms with E-state index in [0.29, 0.717) is 41.4 Å². The zero-order chi connectivity index (χ0) is 24.5. The van der Waals surface area contributed by atoms with E-state index in [0.717, 1.165) is 11.3 Å².